The largest absolute Gasteiger partial charge is 0.460 e. The van der Waals surface area contributed by atoms with Crippen molar-refractivity contribution < 1.29 is 110 Å². The molecule has 4 fully saturated rings. The van der Waals surface area contributed by atoms with E-state index in [1.165, 1.54) is 5.56 Å². The highest BCUT2D eigenvalue weighted by atomic mass is 16.6. The molecule has 4 saturated heterocycles. The van der Waals surface area contributed by atoms with Crippen LogP contribution >= 0.6 is 0 Å². The average Bonchev–Trinajstić information content (AvgIpc) is 1.61. The minimum absolute atomic E-state index is 0.000498. The molecule has 8 aromatic heterocycles. The van der Waals surface area contributed by atoms with Gasteiger partial charge in [0.05, 0.1) is 74.9 Å². The number of benzene rings is 4. The number of imide groups is 4. The lowest BCUT2D eigenvalue weighted by Gasteiger charge is -2.23. The van der Waals surface area contributed by atoms with Gasteiger partial charge in [-0.05, 0) is 255 Å². The number of piperidine rings is 4. The van der Waals surface area contributed by atoms with E-state index in [9.17, 15) is 62.3 Å². The number of aromatic nitrogens is 8. The molecule has 4 aromatic carbocycles. The molecule has 4 atom stereocenters. The molecule has 0 aliphatic carbocycles. The maximum absolute atomic E-state index is 12.6. The summed E-state index contributed by atoms with van der Waals surface area (Å²) in [4.78, 5) is 174. The number of carbonyl (C=O) groups is 13. The van der Waals surface area contributed by atoms with Gasteiger partial charge in [-0.2, -0.15) is 0 Å². The molecule has 8 N–H and O–H groups in total. The topological polar surface area (TPSA) is 482 Å². The second kappa shape index (κ2) is 51.6. The van der Waals surface area contributed by atoms with Crippen molar-refractivity contribution in [1.82, 2.24) is 75.4 Å². The van der Waals surface area contributed by atoms with E-state index in [1.54, 1.807) is 66.3 Å². The van der Waals surface area contributed by atoms with Crippen LogP contribution in [0.1, 0.15) is 201 Å². The number of alkyl carbamates (subject to hydrolysis) is 3. The molecule has 16 rings (SSSR count). The third-order valence-corrected chi connectivity index (χ3v) is 23.7. The average molecular weight is 2030 g/mol. The summed E-state index contributed by atoms with van der Waals surface area (Å²) in [5.41, 5.74) is 8.25. The molecule has 148 heavy (non-hydrogen) atoms. The summed E-state index contributed by atoms with van der Waals surface area (Å²) in [6, 6.07) is 37.4. The van der Waals surface area contributed by atoms with Gasteiger partial charge in [0.2, 0.25) is 47.3 Å². The molecule has 12 aromatic rings. The van der Waals surface area contributed by atoms with Crippen LogP contribution in [-0.2, 0) is 108 Å². The molecule has 0 saturated carbocycles. The van der Waals surface area contributed by atoms with Crippen molar-refractivity contribution in [3.63, 3.8) is 0 Å². The zero-order valence-corrected chi connectivity index (χ0v) is 85.8. The number of hydrogen-bond donors (Lipinski definition) is 8. The molecule has 11 amide bonds. The number of pyridine rings is 4. The zero-order valence-electron chi connectivity index (χ0n) is 85.8. The number of fused-ring (bicyclic) bond motifs is 12. The summed E-state index contributed by atoms with van der Waals surface area (Å²) in [6.07, 6.45) is 11.9. The Morgan fingerprint density at radius 3 is 1.11 bits per heavy atom. The molecule has 4 aliphatic heterocycles. The summed E-state index contributed by atoms with van der Waals surface area (Å²) in [5, 5.41) is 28.7. The monoisotopic (exact) mass is 2030 g/mol. The zero-order chi connectivity index (χ0) is 106. The van der Waals surface area contributed by atoms with Gasteiger partial charge in [-0.3, -0.25) is 69.2 Å². The molecule has 39 nitrogen and oxygen atoms in total. The molecule has 0 radical (unpaired) electrons. The van der Waals surface area contributed by atoms with E-state index >= 15 is 0 Å². The maximum atomic E-state index is 12.6. The standard InChI is InChI=1S/C29H36N4O7.C28H36N4O6.C26H32N4O5.C26H28N4O5/c1-29(2,3)40-28(37)31-13-14-38-15-16-39-18-20(34)8-6-19-7-9-23-22(17-19)21-5-4-12-30-26(21)33(23)24-10-11-25(35)32-27(24)36;1-28(2,3)38-25(34)7-5-14-36-16-17-37-15-13-29-19-8-9-22-21(18-19)20-6-4-12-30-26(20)32(22)23-10-11-24(33)31-27(23)35;2*1-26(2,3)35-25(33)28-13-15-34-14-5-6-17-8-9-20-19(16-17)18-7-4-12-27-23(18)30(20)21-10-11-22(31)29-24(21)32/h4-5,7,9,12,17,24H,6,8,10-11,13-16,18H2,1-3H3,(H,31,37)(H,32,35,36);4,6,8-9,12,18,23,29H,5,7,10-11,13-17H2,1-3H3,(H,31,33,35);4,7-9,12,16,21H,5-6,10-11,13-15H2,1-3H3,(H,28,33)(H,29,31,32);4,7-9,12,16,21H,10-11,13-15H2,1-3H3,(H,28,33)(H,29,31,32). The molecule has 39 heteroatoms. The number of carbonyl (C=O) groups excluding carboxylic acids is 13. The van der Waals surface area contributed by atoms with Gasteiger partial charge in [0, 0.05) is 157 Å². The Balaban J connectivity index is 0.000000165. The van der Waals surface area contributed by atoms with Gasteiger partial charge in [-0.25, -0.2) is 34.3 Å². The first kappa shape index (κ1) is 111. The second-order valence-corrected chi connectivity index (χ2v) is 39.9. The van der Waals surface area contributed by atoms with Crippen molar-refractivity contribution in [2.24, 2.45) is 0 Å². The van der Waals surface area contributed by atoms with Gasteiger partial charge in [0.25, 0.3) is 0 Å². The number of anilines is 1. The second-order valence-electron chi connectivity index (χ2n) is 39.9. The minimum atomic E-state index is -0.548. The fraction of sp³-hybridized carbons (Fsp3) is 0.459. The molecular weight excluding hydrogens is 1900 g/mol. The summed E-state index contributed by atoms with van der Waals surface area (Å²) in [7, 11) is 0. The van der Waals surface area contributed by atoms with Gasteiger partial charge in [-0.15, -0.1) is 0 Å². The summed E-state index contributed by atoms with van der Waals surface area (Å²) >= 11 is 0. The van der Waals surface area contributed by atoms with E-state index in [1.807, 2.05) is 163 Å². The van der Waals surface area contributed by atoms with E-state index in [-0.39, 0.29) is 85.3 Å². The Morgan fingerprint density at radius 1 is 0.358 bits per heavy atom. The first-order valence-corrected chi connectivity index (χ1v) is 50.0. The number of ketones is 1. The predicted molar refractivity (Wildman–Crippen MR) is 554 cm³/mol. The number of rotatable bonds is 37. The van der Waals surface area contributed by atoms with Gasteiger partial charge in [-0.1, -0.05) is 24.0 Å². The van der Waals surface area contributed by atoms with Crippen LogP contribution in [0.4, 0.5) is 20.1 Å². The summed E-state index contributed by atoms with van der Waals surface area (Å²) in [5.74, 6) is 3.66. The lowest BCUT2D eigenvalue weighted by atomic mass is 10.0. The van der Waals surface area contributed by atoms with Crippen LogP contribution in [0, 0.1) is 11.8 Å². The molecule has 4 unspecified atom stereocenters. The Hall–Kier alpha value is -14.7. The van der Waals surface area contributed by atoms with Crippen LogP contribution in [0.3, 0.4) is 0 Å². The van der Waals surface area contributed by atoms with Crippen molar-refractivity contribution >= 4 is 171 Å². The van der Waals surface area contributed by atoms with Gasteiger partial charge in [0.15, 0.2) is 5.78 Å². The first-order valence-electron chi connectivity index (χ1n) is 50.0. The number of amides is 11. The lowest BCUT2D eigenvalue weighted by molar-refractivity contribution is -0.155. The van der Waals surface area contributed by atoms with Crippen molar-refractivity contribution in [2.45, 2.75) is 220 Å². The summed E-state index contributed by atoms with van der Waals surface area (Å²) in [6.45, 7) is 27.9. The van der Waals surface area contributed by atoms with E-state index < -0.39 is 64.9 Å². The van der Waals surface area contributed by atoms with Crippen LogP contribution in [0.2, 0.25) is 0 Å². The third kappa shape index (κ3) is 31.4. The third-order valence-electron chi connectivity index (χ3n) is 23.7. The highest BCUT2D eigenvalue weighted by Gasteiger charge is 2.37. The van der Waals surface area contributed by atoms with Crippen molar-refractivity contribution in [1.29, 1.82) is 0 Å². The number of ether oxygens (including phenoxy) is 10. The van der Waals surface area contributed by atoms with E-state index in [0.717, 1.165) is 106 Å². The van der Waals surface area contributed by atoms with Crippen LogP contribution in [0.5, 0.6) is 0 Å². The number of esters is 1. The molecule has 12 heterocycles. The number of nitrogens with one attached hydrogen (secondary N) is 8. The quantitative estimate of drug-likeness (QED) is 0.00589. The Bertz CT molecular complexity index is 6900. The molecular formula is C109H132N16O23. The Kier molecular flexibility index (Phi) is 38.5. The molecule has 786 valence electrons. The lowest BCUT2D eigenvalue weighted by Crippen LogP contribution is -2.41. The fourth-order valence-corrected chi connectivity index (χ4v) is 17.5. The Labute approximate surface area is 856 Å². The van der Waals surface area contributed by atoms with Crippen LogP contribution < -0.4 is 42.5 Å². The number of aryl methyl sites for hydroxylation is 2. The van der Waals surface area contributed by atoms with Crippen LogP contribution in [-0.4, -0.2) is 243 Å². The van der Waals surface area contributed by atoms with Crippen LogP contribution in [0.15, 0.2) is 146 Å². The smallest absolute Gasteiger partial charge is 0.407 e. The van der Waals surface area contributed by atoms with Crippen LogP contribution in [0.25, 0.3) is 87.7 Å². The SMILES string of the molecule is CC(C)(C)OC(=O)CCCOCCOCCNc1ccc2c(c1)c1cccnc1n2C1CCC(=O)NC1=O.CC(C)(C)OC(=O)NCCOCC#Cc1ccc2c(c1)c1cccnc1n2C1CCC(=O)NC1=O.CC(C)(C)OC(=O)NCCOCCCc1ccc2c(c1)c1cccnc1n2C1CCC(=O)NC1=O.CC(C)(C)OC(=O)NCCOCCOCC(=O)CCc1ccc2c(c1)c1cccnc1n2C1CCC(=O)NC1=O. The van der Waals surface area contributed by atoms with E-state index in [4.69, 9.17) is 47.4 Å². The van der Waals surface area contributed by atoms with E-state index in [0.29, 0.717) is 168 Å². The van der Waals surface area contributed by atoms with Crippen molar-refractivity contribution in [2.75, 3.05) is 111 Å². The van der Waals surface area contributed by atoms with E-state index in [2.05, 4.69) is 92.5 Å². The predicted octanol–water partition coefficient (Wildman–Crippen LogP) is 13.7. The fourth-order valence-electron chi connectivity index (χ4n) is 17.5. The normalized spacial score (nSPS) is 16.1. The number of Topliss-reactive ketones (excluding diaryl/α,β-unsaturated/α-hetero) is 1. The molecule has 0 bridgehead atoms. The Morgan fingerprint density at radius 2 is 0.703 bits per heavy atom. The van der Waals surface area contributed by atoms with Crippen molar-refractivity contribution in [3.8, 4) is 11.8 Å². The highest BCUT2D eigenvalue weighted by Crippen LogP contribution is 2.40. The van der Waals surface area contributed by atoms with Gasteiger partial charge in [0.1, 0.15) is 82.4 Å². The summed E-state index contributed by atoms with van der Waals surface area (Å²) < 4.78 is 61.6. The minimum Gasteiger partial charge on any atom is -0.460 e. The maximum Gasteiger partial charge on any atom is 0.407 e. The van der Waals surface area contributed by atoms with Gasteiger partial charge >= 0.3 is 24.2 Å². The van der Waals surface area contributed by atoms with Crippen molar-refractivity contribution in [3.05, 3.63) is 163 Å². The number of nitrogens with zero attached hydrogens (tertiary/aromatic N) is 8. The first-order chi connectivity index (χ1) is 70.8. The highest BCUT2D eigenvalue weighted by molar-refractivity contribution is 6.13. The number of hydrogen-bond acceptors (Lipinski definition) is 28. The molecule has 4 aliphatic rings. The molecule has 0 spiro atoms. The van der Waals surface area contributed by atoms with Gasteiger partial charge < -0.3 is 86.9 Å².